The summed E-state index contributed by atoms with van der Waals surface area (Å²) in [7, 11) is 0. The van der Waals surface area contributed by atoms with Gasteiger partial charge in [0.1, 0.15) is 5.82 Å². The smallest absolute Gasteiger partial charge is 0.123 e. The predicted octanol–water partition coefficient (Wildman–Crippen LogP) is 3.96. The first-order valence-electron chi connectivity index (χ1n) is 6.81. The maximum Gasteiger partial charge on any atom is 0.123 e. The Bertz CT molecular complexity index is 479. The standard InChI is InChI=1S/C16H20FNO/c1-3-15(2)12-16(8-10-18,9-11-19-15)13-4-6-14(17)7-5-13/h4-7H,3,8-9,11-12H2,1-2H3/t15-,16+/m1/s1. The molecule has 0 aliphatic carbocycles. The fourth-order valence-electron chi connectivity index (χ4n) is 3.03. The van der Waals surface area contributed by atoms with Gasteiger partial charge in [-0.2, -0.15) is 5.26 Å². The van der Waals surface area contributed by atoms with Gasteiger partial charge in [-0.05, 0) is 43.9 Å². The Balaban J connectivity index is 2.37. The molecule has 0 bridgehead atoms. The number of ether oxygens (including phenoxy) is 1. The van der Waals surface area contributed by atoms with Gasteiger partial charge in [0.15, 0.2) is 0 Å². The molecule has 0 N–H and O–H groups in total. The molecule has 2 rings (SSSR count). The number of nitriles is 1. The van der Waals surface area contributed by atoms with Crippen molar-refractivity contribution in [3.8, 4) is 6.07 Å². The molecule has 1 aliphatic heterocycles. The van der Waals surface area contributed by atoms with E-state index in [9.17, 15) is 9.65 Å². The molecule has 0 unspecified atom stereocenters. The third-order valence-corrected chi connectivity index (χ3v) is 4.37. The molecule has 2 nitrogen and oxygen atoms in total. The highest BCUT2D eigenvalue weighted by atomic mass is 19.1. The van der Waals surface area contributed by atoms with Crippen LogP contribution in [0.3, 0.4) is 0 Å². The lowest BCUT2D eigenvalue weighted by Crippen LogP contribution is -2.45. The molecule has 1 fully saturated rings. The Labute approximate surface area is 114 Å². The van der Waals surface area contributed by atoms with E-state index in [4.69, 9.17) is 4.74 Å². The van der Waals surface area contributed by atoms with Crippen LogP contribution >= 0.6 is 0 Å². The summed E-state index contributed by atoms with van der Waals surface area (Å²) in [4.78, 5) is 0. The van der Waals surface area contributed by atoms with Crippen molar-refractivity contribution in [2.24, 2.45) is 0 Å². The van der Waals surface area contributed by atoms with Gasteiger partial charge in [-0.25, -0.2) is 4.39 Å². The highest BCUT2D eigenvalue weighted by molar-refractivity contribution is 5.29. The molecule has 19 heavy (non-hydrogen) atoms. The van der Waals surface area contributed by atoms with E-state index in [0.29, 0.717) is 13.0 Å². The third kappa shape index (κ3) is 2.79. The first kappa shape index (κ1) is 14.0. The highest BCUT2D eigenvalue weighted by Crippen LogP contribution is 2.45. The Morgan fingerprint density at radius 3 is 2.63 bits per heavy atom. The maximum absolute atomic E-state index is 13.1. The molecule has 1 aliphatic rings. The van der Waals surface area contributed by atoms with Gasteiger partial charge in [0.25, 0.3) is 0 Å². The SMILES string of the molecule is CC[C@]1(C)C[C@@](CC#N)(c2ccc(F)cc2)CCO1. The molecule has 3 heteroatoms. The minimum atomic E-state index is -0.235. The quantitative estimate of drug-likeness (QED) is 0.825. The lowest BCUT2D eigenvalue weighted by atomic mass is 9.67. The van der Waals surface area contributed by atoms with E-state index in [1.165, 1.54) is 12.1 Å². The van der Waals surface area contributed by atoms with Gasteiger partial charge < -0.3 is 4.74 Å². The van der Waals surface area contributed by atoms with Gasteiger partial charge in [0.2, 0.25) is 0 Å². The molecule has 1 aromatic carbocycles. The second kappa shape index (κ2) is 5.30. The van der Waals surface area contributed by atoms with E-state index in [2.05, 4.69) is 19.9 Å². The Morgan fingerprint density at radius 2 is 2.05 bits per heavy atom. The normalized spacial score (nSPS) is 30.8. The number of rotatable bonds is 3. The van der Waals surface area contributed by atoms with E-state index in [1.807, 2.05) is 12.1 Å². The van der Waals surface area contributed by atoms with Crippen LogP contribution in [-0.2, 0) is 10.2 Å². The Hall–Kier alpha value is -1.40. The zero-order valence-corrected chi connectivity index (χ0v) is 11.6. The fourth-order valence-corrected chi connectivity index (χ4v) is 3.03. The second-order valence-electron chi connectivity index (χ2n) is 5.70. The molecule has 102 valence electrons. The summed E-state index contributed by atoms with van der Waals surface area (Å²) in [6.07, 6.45) is 3.01. The first-order valence-corrected chi connectivity index (χ1v) is 6.81. The van der Waals surface area contributed by atoms with Crippen molar-refractivity contribution in [3.63, 3.8) is 0 Å². The van der Waals surface area contributed by atoms with E-state index >= 15 is 0 Å². The van der Waals surface area contributed by atoms with Crippen molar-refractivity contribution in [2.45, 2.75) is 50.5 Å². The van der Waals surface area contributed by atoms with Crippen LogP contribution in [0.25, 0.3) is 0 Å². The largest absolute Gasteiger partial charge is 0.375 e. The van der Waals surface area contributed by atoms with Crippen LogP contribution in [-0.4, -0.2) is 12.2 Å². The van der Waals surface area contributed by atoms with Gasteiger partial charge in [0, 0.05) is 18.4 Å². The zero-order chi connectivity index (χ0) is 13.9. The lowest BCUT2D eigenvalue weighted by Gasteiger charge is -2.45. The summed E-state index contributed by atoms with van der Waals surface area (Å²) in [5.74, 6) is -0.235. The molecule has 1 aromatic rings. The van der Waals surface area contributed by atoms with Crippen molar-refractivity contribution in [2.75, 3.05) is 6.61 Å². The van der Waals surface area contributed by atoms with Gasteiger partial charge >= 0.3 is 0 Å². The molecular formula is C16H20FNO. The van der Waals surface area contributed by atoms with Crippen molar-refractivity contribution >= 4 is 0 Å². The van der Waals surface area contributed by atoms with Gasteiger partial charge in [-0.1, -0.05) is 19.1 Å². The first-order chi connectivity index (χ1) is 9.03. The van der Waals surface area contributed by atoms with Crippen LogP contribution in [0.15, 0.2) is 24.3 Å². The summed E-state index contributed by atoms with van der Waals surface area (Å²) in [6.45, 7) is 4.86. The van der Waals surface area contributed by atoms with Crippen LogP contribution in [0.5, 0.6) is 0 Å². The summed E-state index contributed by atoms with van der Waals surface area (Å²) < 4.78 is 19.0. The zero-order valence-electron chi connectivity index (χ0n) is 11.6. The van der Waals surface area contributed by atoms with Crippen molar-refractivity contribution < 1.29 is 9.13 Å². The molecule has 0 aromatic heterocycles. The fraction of sp³-hybridized carbons (Fsp3) is 0.562. The van der Waals surface area contributed by atoms with Crippen LogP contribution in [0.4, 0.5) is 4.39 Å². The summed E-state index contributed by atoms with van der Waals surface area (Å²) in [5, 5.41) is 9.18. The van der Waals surface area contributed by atoms with Crippen LogP contribution < -0.4 is 0 Å². The van der Waals surface area contributed by atoms with E-state index in [-0.39, 0.29) is 16.8 Å². The second-order valence-corrected chi connectivity index (χ2v) is 5.70. The van der Waals surface area contributed by atoms with Crippen LogP contribution in [0.2, 0.25) is 0 Å². The predicted molar refractivity (Wildman–Crippen MR) is 72.2 cm³/mol. The molecule has 2 atom stereocenters. The van der Waals surface area contributed by atoms with E-state index in [1.54, 1.807) is 0 Å². The third-order valence-electron chi connectivity index (χ3n) is 4.37. The summed E-state index contributed by atoms with van der Waals surface area (Å²) in [6, 6.07) is 8.89. The number of halogens is 1. The van der Waals surface area contributed by atoms with Crippen molar-refractivity contribution in [1.29, 1.82) is 5.26 Å². The highest BCUT2D eigenvalue weighted by Gasteiger charge is 2.43. The molecule has 0 saturated carbocycles. The monoisotopic (exact) mass is 261 g/mol. The molecule has 0 radical (unpaired) electrons. The number of nitrogens with zero attached hydrogens (tertiary/aromatic N) is 1. The van der Waals surface area contributed by atoms with E-state index in [0.717, 1.165) is 24.8 Å². The minimum absolute atomic E-state index is 0.191. The van der Waals surface area contributed by atoms with E-state index < -0.39 is 0 Å². The summed E-state index contributed by atoms with van der Waals surface area (Å²) >= 11 is 0. The van der Waals surface area contributed by atoms with Crippen LogP contribution in [0.1, 0.15) is 45.1 Å². The van der Waals surface area contributed by atoms with Gasteiger partial charge in [-0.15, -0.1) is 0 Å². The average molecular weight is 261 g/mol. The molecule has 1 saturated heterocycles. The molecular weight excluding hydrogens is 241 g/mol. The van der Waals surface area contributed by atoms with Crippen LogP contribution in [0, 0.1) is 17.1 Å². The minimum Gasteiger partial charge on any atom is -0.375 e. The number of hydrogen-bond acceptors (Lipinski definition) is 2. The van der Waals surface area contributed by atoms with Gasteiger partial charge in [-0.3, -0.25) is 0 Å². The summed E-state index contributed by atoms with van der Waals surface area (Å²) in [5.41, 5.74) is 0.660. The number of hydrogen-bond donors (Lipinski definition) is 0. The molecule has 0 amide bonds. The van der Waals surface area contributed by atoms with Crippen molar-refractivity contribution in [1.82, 2.24) is 0 Å². The van der Waals surface area contributed by atoms with Gasteiger partial charge in [0.05, 0.1) is 11.7 Å². The lowest BCUT2D eigenvalue weighted by molar-refractivity contribution is -0.0957. The maximum atomic E-state index is 13.1. The Morgan fingerprint density at radius 1 is 1.37 bits per heavy atom. The number of benzene rings is 1. The molecule has 0 spiro atoms. The topological polar surface area (TPSA) is 33.0 Å². The molecule has 1 heterocycles. The van der Waals surface area contributed by atoms with Crippen molar-refractivity contribution in [3.05, 3.63) is 35.6 Å². The average Bonchev–Trinajstić information content (AvgIpc) is 2.40. The Kier molecular flexibility index (Phi) is 3.91.